The van der Waals surface area contributed by atoms with Crippen LogP contribution >= 0.6 is 0 Å². The van der Waals surface area contributed by atoms with Gasteiger partial charge in [-0.2, -0.15) is 13.2 Å². The van der Waals surface area contributed by atoms with Crippen molar-refractivity contribution in [2.24, 2.45) is 11.1 Å². The highest BCUT2D eigenvalue weighted by atomic mass is 19.4. The first-order chi connectivity index (χ1) is 30.8. The van der Waals surface area contributed by atoms with Crippen LogP contribution in [0, 0.1) is 17.0 Å². The number of nitrogens with one attached hydrogen (secondary N) is 2. The molecule has 0 spiro atoms. The molecule has 0 radical (unpaired) electrons. The summed E-state index contributed by atoms with van der Waals surface area (Å²) < 4.78 is 62.9. The molecule has 5 amide bonds. The van der Waals surface area contributed by atoms with Crippen LogP contribution in [0.15, 0.2) is 72.9 Å². The number of rotatable bonds is 21. The van der Waals surface area contributed by atoms with Gasteiger partial charge >= 0.3 is 18.1 Å². The average Bonchev–Trinajstić information content (AvgIpc) is 3.79. The first-order valence-electron chi connectivity index (χ1n) is 20.3. The van der Waals surface area contributed by atoms with Crippen molar-refractivity contribution in [3.05, 3.63) is 95.8 Å². The Kier molecular flexibility index (Phi) is 19.4. The Bertz CT molecular complexity index is 2260. The number of carbonyl (C=O) groups is 8. The molecule has 2 aromatic carbocycles. The number of ketones is 1. The van der Waals surface area contributed by atoms with Gasteiger partial charge in [0.05, 0.1) is 12.1 Å². The van der Waals surface area contributed by atoms with Gasteiger partial charge in [0.15, 0.2) is 0 Å². The molecule has 22 heteroatoms. The molecule has 7 N–H and O–H groups in total. The molecule has 0 saturated heterocycles. The molecule has 1 aliphatic rings. The van der Waals surface area contributed by atoms with Crippen molar-refractivity contribution in [2.75, 3.05) is 26.2 Å². The second-order valence-electron chi connectivity index (χ2n) is 16.1. The van der Waals surface area contributed by atoms with Gasteiger partial charge in [0.1, 0.15) is 36.6 Å². The zero-order valence-corrected chi connectivity index (χ0v) is 36.1. The molecule has 0 saturated carbocycles. The third-order valence-corrected chi connectivity index (χ3v) is 9.97. The van der Waals surface area contributed by atoms with Gasteiger partial charge in [-0.25, -0.2) is 18.4 Å². The largest absolute Gasteiger partial charge is 0.490 e. The van der Waals surface area contributed by atoms with Crippen LogP contribution in [0.2, 0.25) is 0 Å². The summed E-state index contributed by atoms with van der Waals surface area (Å²) in [6, 6.07) is 11.0. The number of alkyl halides is 3. The molecule has 3 aromatic rings. The number of aliphatic hydroxyl groups is 1. The lowest BCUT2D eigenvalue weighted by Gasteiger charge is -2.41. The minimum Gasteiger partial charge on any atom is -0.480 e. The van der Waals surface area contributed by atoms with E-state index in [1.54, 1.807) is 12.3 Å². The molecule has 1 aliphatic heterocycles. The molecule has 1 aromatic heterocycles. The fraction of sp³-hybridized carbons (Fsp3) is 0.409. The highest BCUT2D eigenvalue weighted by Gasteiger charge is 2.39. The molecule has 66 heavy (non-hydrogen) atoms. The molecule has 0 aliphatic carbocycles. The van der Waals surface area contributed by atoms with Crippen LogP contribution in [0.1, 0.15) is 70.2 Å². The van der Waals surface area contributed by atoms with E-state index in [1.807, 2.05) is 55.7 Å². The normalized spacial score (nSPS) is 13.9. The predicted molar refractivity (Wildman–Crippen MR) is 225 cm³/mol. The second-order valence-corrected chi connectivity index (χ2v) is 16.1. The van der Waals surface area contributed by atoms with Gasteiger partial charge in [0, 0.05) is 67.6 Å². The first-order valence-corrected chi connectivity index (χ1v) is 20.3. The van der Waals surface area contributed by atoms with Crippen molar-refractivity contribution in [1.82, 2.24) is 25.0 Å². The number of halogens is 5. The highest BCUT2D eigenvalue weighted by molar-refractivity contribution is 6.14. The number of aliphatic hydroxyl groups excluding tert-OH is 1. The number of hydrogen-bond acceptors (Lipinski definition) is 10. The summed E-state index contributed by atoms with van der Waals surface area (Å²) in [7, 11) is 0. The first kappa shape index (κ1) is 53.5. The molecule has 17 nitrogen and oxygen atoms in total. The molecular formula is C44H51F5N6O11. The third kappa shape index (κ3) is 16.0. The number of aliphatic carboxylic acids is 2. The summed E-state index contributed by atoms with van der Waals surface area (Å²) in [6.07, 6.45) is -1.70. The fourth-order valence-electron chi connectivity index (χ4n) is 6.80. The number of carboxylic acids is 2. The number of nitrogens with two attached hydrogens (primary N) is 1. The molecule has 4 rings (SSSR count). The van der Waals surface area contributed by atoms with Gasteiger partial charge in [0.2, 0.25) is 17.7 Å². The number of carboxylic acid groups (broad SMARTS) is 2. The topological polar surface area (TPSA) is 259 Å². The van der Waals surface area contributed by atoms with Gasteiger partial charge in [-0.15, -0.1) is 0 Å². The van der Waals surface area contributed by atoms with E-state index in [-0.39, 0.29) is 56.5 Å². The van der Waals surface area contributed by atoms with E-state index in [4.69, 9.17) is 15.6 Å². The number of amides is 5. The molecular weight excluding hydrogens is 884 g/mol. The van der Waals surface area contributed by atoms with Gasteiger partial charge < -0.3 is 41.2 Å². The standard InChI is InChI=1S/C42H50F2N6O9.C2HF3O2/c1-42(2,3)39(34-20-27(30-21-28(43)11-13-31(30)44)23-48(34)22-26-8-5-4-6-9-26)49(38(56)25-51)19-17-32(45)40(57)46-18-7-10-29(52)12-14-33(41(58)59)47-35(53)24-50-36(54)15-16-37(50)55;3-2(4,5)1(6)7/h4-6,8-9,11,13,15-16,20-21,23,32-33,39,51H,7,10,12,14,17-19,22,24-25,45H2,1-3H3,(H,46,57)(H,47,53)(H,58,59);(H,6,7)/t32-,33-,39-;/m0./s1. The third-order valence-electron chi connectivity index (χ3n) is 9.97. The Balaban J connectivity index is 0.00000152. The van der Waals surface area contributed by atoms with Crippen molar-refractivity contribution < 1.29 is 75.6 Å². The van der Waals surface area contributed by atoms with E-state index < -0.39 is 96.0 Å². The summed E-state index contributed by atoms with van der Waals surface area (Å²) in [6.45, 7) is 4.49. The quantitative estimate of drug-likeness (QED) is 0.0510. The van der Waals surface area contributed by atoms with Crippen molar-refractivity contribution in [2.45, 2.75) is 83.7 Å². The maximum absolute atomic E-state index is 15.0. The number of benzene rings is 2. The highest BCUT2D eigenvalue weighted by Crippen LogP contribution is 2.41. The van der Waals surface area contributed by atoms with Crippen LogP contribution in [0.5, 0.6) is 0 Å². The van der Waals surface area contributed by atoms with Crippen LogP contribution in [0.4, 0.5) is 22.0 Å². The summed E-state index contributed by atoms with van der Waals surface area (Å²) in [5, 5.41) is 31.6. The van der Waals surface area contributed by atoms with Gasteiger partial charge in [-0.1, -0.05) is 51.1 Å². The van der Waals surface area contributed by atoms with Gasteiger partial charge in [-0.05, 0) is 54.5 Å². The van der Waals surface area contributed by atoms with E-state index >= 15 is 4.39 Å². The minimum atomic E-state index is -5.08. The lowest BCUT2D eigenvalue weighted by molar-refractivity contribution is -0.192. The van der Waals surface area contributed by atoms with Crippen molar-refractivity contribution >= 4 is 47.3 Å². The van der Waals surface area contributed by atoms with Crippen LogP contribution < -0.4 is 16.4 Å². The molecule has 2 heterocycles. The van der Waals surface area contributed by atoms with Crippen LogP contribution in [-0.4, -0.2) is 121 Å². The minimum absolute atomic E-state index is 0.0194. The SMILES string of the molecule is CC(C)(C)[C@H](c1cc(-c2cc(F)ccc2F)cn1Cc1ccccc1)N(CC[C@H](N)C(=O)NCCCC(=O)CC[C@H](NC(=O)CN1C(=O)C=CC1=O)C(=O)O)C(=O)CO.O=C(O)C(F)(F)F. The average molecular weight is 935 g/mol. The number of imide groups is 1. The molecule has 0 bridgehead atoms. The zero-order valence-electron chi connectivity index (χ0n) is 36.1. The Morgan fingerprint density at radius 2 is 1.50 bits per heavy atom. The predicted octanol–water partition coefficient (Wildman–Crippen LogP) is 3.48. The molecule has 0 unspecified atom stereocenters. The van der Waals surface area contributed by atoms with Crippen LogP contribution in [-0.2, 0) is 44.9 Å². The fourth-order valence-corrected chi connectivity index (χ4v) is 6.80. The zero-order chi connectivity index (χ0) is 49.5. The van der Waals surface area contributed by atoms with Gasteiger partial charge in [-0.3, -0.25) is 33.7 Å². The number of Topliss-reactive ketones (excluding diaryl/α,β-unsaturated/α-hetero) is 1. The lowest BCUT2D eigenvalue weighted by Crippen LogP contribution is -2.47. The van der Waals surface area contributed by atoms with E-state index in [1.165, 1.54) is 4.90 Å². The van der Waals surface area contributed by atoms with Crippen molar-refractivity contribution in [3.8, 4) is 11.1 Å². The number of aromatic nitrogens is 1. The van der Waals surface area contributed by atoms with Crippen LogP contribution in [0.3, 0.4) is 0 Å². The van der Waals surface area contributed by atoms with E-state index in [2.05, 4.69) is 10.6 Å². The number of hydrogen-bond donors (Lipinski definition) is 6. The van der Waals surface area contributed by atoms with Gasteiger partial charge in [0.25, 0.3) is 11.8 Å². The van der Waals surface area contributed by atoms with Crippen molar-refractivity contribution in [3.63, 3.8) is 0 Å². The number of carbonyl (C=O) groups excluding carboxylic acids is 6. The lowest BCUT2D eigenvalue weighted by atomic mass is 9.82. The van der Waals surface area contributed by atoms with E-state index in [0.29, 0.717) is 22.7 Å². The molecule has 0 fully saturated rings. The summed E-state index contributed by atoms with van der Waals surface area (Å²) >= 11 is 0. The number of nitrogens with zero attached hydrogens (tertiary/aromatic N) is 3. The maximum Gasteiger partial charge on any atom is 0.490 e. The summed E-state index contributed by atoms with van der Waals surface area (Å²) in [4.78, 5) is 97.3. The Morgan fingerprint density at radius 1 is 0.879 bits per heavy atom. The summed E-state index contributed by atoms with van der Waals surface area (Å²) in [5.74, 6) is -9.22. The van der Waals surface area contributed by atoms with Crippen LogP contribution in [0.25, 0.3) is 11.1 Å². The maximum atomic E-state index is 15.0. The Labute approximate surface area is 375 Å². The smallest absolute Gasteiger partial charge is 0.480 e. The Hall–Kier alpha value is -6.81. The monoisotopic (exact) mass is 934 g/mol. The second kappa shape index (κ2) is 23.9. The Morgan fingerprint density at radius 3 is 2.06 bits per heavy atom. The van der Waals surface area contributed by atoms with Crippen molar-refractivity contribution in [1.29, 1.82) is 0 Å². The summed E-state index contributed by atoms with van der Waals surface area (Å²) in [5.41, 5.74) is 7.47. The molecule has 358 valence electrons. The van der Waals surface area contributed by atoms with E-state index in [9.17, 15) is 61.3 Å². The van der Waals surface area contributed by atoms with E-state index in [0.717, 1.165) is 35.9 Å². The molecule has 3 atom stereocenters.